The first-order valence-electron chi connectivity index (χ1n) is 5.29. The molecule has 0 saturated heterocycles. The zero-order valence-corrected chi connectivity index (χ0v) is 7.84. The Hall–Kier alpha value is 0. The Balaban J connectivity index is 2.06. The first-order chi connectivity index (χ1) is 5.29. The van der Waals surface area contributed by atoms with Gasteiger partial charge in [-0.15, -0.1) is 0 Å². The molecule has 2 fully saturated rings. The van der Waals surface area contributed by atoms with Crippen LogP contribution in [0.25, 0.3) is 0 Å². The van der Waals surface area contributed by atoms with Crippen molar-refractivity contribution in [1.82, 2.24) is 0 Å². The Morgan fingerprint density at radius 2 is 1.73 bits per heavy atom. The molecule has 2 rings (SSSR count). The van der Waals surface area contributed by atoms with Gasteiger partial charge in [0.05, 0.1) is 0 Å². The third-order valence-electron chi connectivity index (χ3n) is 4.28. The molecular weight excluding hydrogens is 132 g/mol. The van der Waals surface area contributed by atoms with Gasteiger partial charge in [0, 0.05) is 0 Å². The number of fused-ring (bicyclic) bond motifs is 1. The Morgan fingerprint density at radius 1 is 0.909 bits per heavy atom. The molecule has 0 aromatic carbocycles. The molecule has 3 unspecified atom stereocenters. The highest BCUT2D eigenvalue weighted by molar-refractivity contribution is 4.87. The van der Waals surface area contributed by atoms with Crippen molar-refractivity contribution < 1.29 is 0 Å². The van der Waals surface area contributed by atoms with Crippen LogP contribution in [0.15, 0.2) is 0 Å². The van der Waals surface area contributed by atoms with Gasteiger partial charge in [0.2, 0.25) is 0 Å². The fraction of sp³-hybridized carbons (Fsp3) is 1.00. The second-order valence-corrected chi connectivity index (χ2v) is 4.77. The summed E-state index contributed by atoms with van der Waals surface area (Å²) in [5.74, 6) is 4.27. The molecule has 2 aliphatic carbocycles. The zero-order chi connectivity index (χ0) is 7.84. The largest absolute Gasteiger partial charge is 0.0622 e. The molecular formula is C11H20. The summed E-state index contributed by atoms with van der Waals surface area (Å²) in [7, 11) is 0. The highest BCUT2D eigenvalue weighted by Gasteiger charge is 2.37. The molecule has 0 heteroatoms. The first kappa shape index (κ1) is 7.64. The summed E-state index contributed by atoms with van der Waals surface area (Å²) in [4.78, 5) is 0. The fourth-order valence-corrected chi connectivity index (χ4v) is 3.28. The molecule has 0 aliphatic heterocycles. The summed E-state index contributed by atoms with van der Waals surface area (Å²) in [6.45, 7) is 4.92. The minimum Gasteiger partial charge on any atom is -0.0622 e. The molecule has 0 N–H and O–H groups in total. The summed E-state index contributed by atoms with van der Waals surface area (Å²) in [5, 5.41) is 0. The first-order valence-corrected chi connectivity index (χ1v) is 5.29. The molecule has 0 radical (unpaired) electrons. The van der Waals surface area contributed by atoms with Crippen LogP contribution in [0.5, 0.6) is 0 Å². The molecule has 2 saturated carbocycles. The second kappa shape index (κ2) is 2.80. The van der Waals surface area contributed by atoms with E-state index in [9.17, 15) is 0 Å². The van der Waals surface area contributed by atoms with Gasteiger partial charge in [-0.3, -0.25) is 0 Å². The van der Waals surface area contributed by atoms with Crippen LogP contribution >= 0.6 is 0 Å². The van der Waals surface area contributed by atoms with Crippen LogP contribution in [0.3, 0.4) is 0 Å². The van der Waals surface area contributed by atoms with E-state index < -0.39 is 0 Å². The van der Waals surface area contributed by atoms with Gasteiger partial charge < -0.3 is 0 Å². The molecule has 0 bridgehead atoms. The summed E-state index contributed by atoms with van der Waals surface area (Å²) in [6.07, 6.45) is 7.64. The number of hydrogen-bond acceptors (Lipinski definition) is 0. The topological polar surface area (TPSA) is 0 Å². The van der Waals surface area contributed by atoms with Crippen LogP contribution in [-0.4, -0.2) is 0 Å². The zero-order valence-electron chi connectivity index (χ0n) is 7.84. The van der Waals surface area contributed by atoms with Gasteiger partial charge in [0.1, 0.15) is 0 Å². The van der Waals surface area contributed by atoms with Crippen LogP contribution in [0.2, 0.25) is 0 Å². The van der Waals surface area contributed by atoms with Gasteiger partial charge >= 0.3 is 0 Å². The molecule has 0 aromatic rings. The van der Waals surface area contributed by atoms with E-state index in [1.54, 1.807) is 6.42 Å². The Kier molecular flexibility index (Phi) is 1.95. The van der Waals surface area contributed by atoms with E-state index in [0.717, 1.165) is 23.7 Å². The van der Waals surface area contributed by atoms with Gasteiger partial charge in [-0.1, -0.05) is 33.1 Å². The quantitative estimate of drug-likeness (QED) is 0.498. The summed E-state index contributed by atoms with van der Waals surface area (Å²) >= 11 is 0. The van der Waals surface area contributed by atoms with Gasteiger partial charge in [-0.2, -0.15) is 0 Å². The summed E-state index contributed by atoms with van der Waals surface area (Å²) < 4.78 is 0. The molecule has 4 atom stereocenters. The lowest BCUT2D eigenvalue weighted by molar-refractivity contribution is 0.137. The molecule has 11 heavy (non-hydrogen) atoms. The van der Waals surface area contributed by atoms with Gasteiger partial charge in [-0.05, 0) is 36.5 Å². The average molecular weight is 152 g/mol. The van der Waals surface area contributed by atoms with Crippen LogP contribution < -0.4 is 0 Å². The van der Waals surface area contributed by atoms with Crippen LogP contribution in [0.4, 0.5) is 0 Å². The van der Waals surface area contributed by atoms with Crippen molar-refractivity contribution in [3.8, 4) is 0 Å². The second-order valence-electron chi connectivity index (χ2n) is 4.77. The molecule has 0 amide bonds. The lowest BCUT2D eigenvalue weighted by Gasteiger charge is -2.36. The number of hydrogen-bond donors (Lipinski definition) is 0. The van der Waals surface area contributed by atoms with Crippen molar-refractivity contribution >= 4 is 0 Å². The monoisotopic (exact) mass is 152 g/mol. The van der Waals surface area contributed by atoms with E-state index in [0.29, 0.717) is 0 Å². The molecule has 2 aliphatic rings. The van der Waals surface area contributed by atoms with Crippen molar-refractivity contribution in [3.05, 3.63) is 0 Å². The van der Waals surface area contributed by atoms with Crippen molar-refractivity contribution in [2.45, 2.75) is 46.0 Å². The number of rotatable bonds is 0. The molecule has 64 valence electrons. The van der Waals surface area contributed by atoms with E-state index in [2.05, 4.69) is 13.8 Å². The normalized spacial score (nSPS) is 50.7. The SMILES string of the molecule is CC1CC[C@@H]2CCCC2C1C. The van der Waals surface area contributed by atoms with Gasteiger partial charge in [-0.25, -0.2) is 0 Å². The molecule has 0 heterocycles. The average Bonchev–Trinajstić information content (AvgIpc) is 2.45. The smallest absolute Gasteiger partial charge is 0.0358 e. The maximum atomic E-state index is 2.48. The maximum absolute atomic E-state index is 2.48. The van der Waals surface area contributed by atoms with Crippen LogP contribution in [-0.2, 0) is 0 Å². The highest BCUT2D eigenvalue weighted by Crippen LogP contribution is 2.47. The Bertz CT molecular complexity index is 139. The van der Waals surface area contributed by atoms with E-state index in [-0.39, 0.29) is 0 Å². The van der Waals surface area contributed by atoms with Gasteiger partial charge in [0.15, 0.2) is 0 Å². The summed E-state index contributed by atoms with van der Waals surface area (Å²) in [5.41, 5.74) is 0. The minimum atomic E-state index is 1.01. The van der Waals surface area contributed by atoms with Crippen LogP contribution in [0, 0.1) is 23.7 Å². The minimum absolute atomic E-state index is 1.01. The molecule has 0 aromatic heterocycles. The molecule has 0 spiro atoms. The molecule has 0 nitrogen and oxygen atoms in total. The van der Waals surface area contributed by atoms with Crippen molar-refractivity contribution in [3.63, 3.8) is 0 Å². The van der Waals surface area contributed by atoms with Crippen molar-refractivity contribution in [2.75, 3.05) is 0 Å². The summed E-state index contributed by atoms with van der Waals surface area (Å²) in [6, 6.07) is 0. The lowest BCUT2D eigenvalue weighted by atomic mass is 9.69. The van der Waals surface area contributed by atoms with Crippen LogP contribution in [0.1, 0.15) is 46.0 Å². The third kappa shape index (κ3) is 1.21. The maximum Gasteiger partial charge on any atom is -0.0358 e. The predicted molar refractivity (Wildman–Crippen MR) is 48.4 cm³/mol. The Morgan fingerprint density at radius 3 is 2.55 bits per heavy atom. The van der Waals surface area contributed by atoms with E-state index in [4.69, 9.17) is 0 Å². The lowest BCUT2D eigenvalue weighted by Crippen LogP contribution is -2.28. The standard InChI is InChI=1S/C11H20/c1-8-6-7-10-4-3-5-11(10)9(8)2/h8-11H,3-7H2,1-2H3/t8?,9?,10-,11?/m0/s1. The van der Waals surface area contributed by atoms with E-state index >= 15 is 0 Å². The van der Waals surface area contributed by atoms with Crippen molar-refractivity contribution in [1.29, 1.82) is 0 Å². The fourth-order valence-electron chi connectivity index (χ4n) is 3.28. The van der Waals surface area contributed by atoms with E-state index in [1.165, 1.54) is 25.7 Å². The highest BCUT2D eigenvalue weighted by atomic mass is 14.4. The Labute approximate surface area is 70.4 Å². The predicted octanol–water partition coefficient (Wildman–Crippen LogP) is 3.47. The van der Waals surface area contributed by atoms with E-state index in [1.807, 2.05) is 0 Å². The van der Waals surface area contributed by atoms with Gasteiger partial charge in [0.25, 0.3) is 0 Å². The third-order valence-corrected chi connectivity index (χ3v) is 4.28. The van der Waals surface area contributed by atoms with Crippen molar-refractivity contribution in [2.24, 2.45) is 23.7 Å².